The number of nitrogens with one attached hydrogen (secondary N) is 1. The van der Waals surface area contributed by atoms with E-state index in [2.05, 4.69) is 53.4 Å². The van der Waals surface area contributed by atoms with Crippen molar-refractivity contribution < 1.29 is 0 Å². The second-order valence-corrected chi connectivity index (χ2v) is 7.69. The fourth-order valence-corrected chi connectivity index (χ4v) is 4.23. The number of fused-ring (bicyclic) bond motifs is 1. The first kappa shape index (κ1) is 18.3. The van der Waals surface area contributed by atoms with Crippen LogP contribution in [0.5, 0.6) is 0 Å². The number of nitrogen functional groups attached to an aromatic ring is 1. The Bertz CT molecular complexity index is 1110. The first-order valence-electron chi connectivity index (χ1n) is 9.79. The van der Waals surface area contributed by atoms with Crippen LogP contribution in [0.1, 0.15) is 35.6 Å². The summed E-state index contributed by atoms with van der Waals surface area (Å²) in [6.45, 7) is 4.07. The topological polar surface area (TPSA) is 66.8 Å². The summed E-state index contributed by atoms with van der Waals surface area (Å²) in [4.78, 5) is 0. The maximum absolute atomic E-state index is 9.55. The molecule has 0 bridgehead atoms. The van der Waals surface area contributed by atoms with Crippen molar-refractivity contribution in [2.24, 2.45) is 0 Å². The van der Waals surface area contributed by atoms with Gasteiger partial charge in [0, 0.05) is 34.4 Å². The van der Waals surface area contributed by atoms with Gasteiger partial charge in [-0.1, -0.05) is 24.3 Å². The molecule has 142 valence electrons. The second kappa shape index (κ2) is 7.18. The molecule has 4 rings (SSSR count). The minimum atomic E-state index is 0.314. The third kappa shape index (κ3) is 2.98. The van der Waals surface area contributed by atoms with Crippen LogP contribution in [-0.4, -0.2) is 17.7 Å². The van der Waals surface area contributed by atoms with E-state index in [1.54, 1.807) is 0 Å². The smallest absolute Gasteiger partial charge is 0.0994 e. The van der Waals surface area contributed by atoms with Crippen molar-refractivity contribution in [1.82, 2.24) is 9.88 Å². The number of benzene rings is 2. The highest BCUT2D eigenvalue weighted by atomic mass is 15.0. The molecule has 0 aliphatic heterocycles. The highest BCUT2D eigenvalue weighted by Gasteiger charge is 2.21. The van der Waals surface area contributed by atoms with Crippen molar-refractivity contribution in [3.8, 4) is 17.2 Å². The highest BCUT2D eigenvalue weighted by molar-refractivity contribution is 5.98. The summed E-state index contributed by atoms with van der Waals surface area (Å²) in [5, 5.41) is 14.0. The number of aryl methyl sites for hydroxylation is 1. The Hall–Kier alpha value is -3.03. The SMILES string of the molecule is CNC1C=CC(n2cc(-c3cccc(N)c3C)c3cc(C#N)c(C)cc32)CC1. The van der Waals surface area contributed by atoms with Crippen LogP contribution in [0.3, 0.4) is 0 Å². The van der Waals surface area contributed by atoms with Crippen LogP contribution in [0.4, 0.5) is 5.69 Å². The van der Waals surface area contributed by atoms with E-state index in [4.69, 9.17) is 5.73 Å². The molecule has 2 aromatic carbocycles. The number of hydrogen-bond donors (Lipinski definition) is 2. The van der Waals surface area contributed by atoms with E-state index in [9.17, 15) is 5.26 Å². The quantitative estimate of drug-likeness (QED) is 0.511. The molecule has 2 atom stereocenters. The van der Waals surface area contributed by atoms with E-state index in [0.717, 1.165) is 51.7 Å². The number of nitrogens with zero attached hydrogens (tertiary/aromatic N) is 2. The Kier molecular flexibility index (Phi) is 4.70. The van der Waals surface area contributed by atoms with E-state index in [1.807, 2.05) is 32.2 Å². The summed E-state index contributed by atoms with van der Waals surface area (Å²) in [6, 6.07) is 13.3. The van der Waals surface area contributed by atoms with Gasteiger partial charge in [-0.05, 0) is 68.6 Å². The van der Waals surface area contributed by atoms with Gasteiger partial charge in [0.05, 0.1) is 17.7 Å². The van der Waals surface area contributed by atoms with Gasteiger partial charge in [0.15, 0.2) is 0 Å². The summed E-state index contributed by atoms with van der Waals surface area (Å²) < 4.78 is 2.36. The van der Waals surface area contributed by atoms with Crippen molar-refractivity contribution in [2.45, 2.75) is 38.8 Å². The van der Waals surface area contributed by atoms with Crippen LogP contribution in [-0.2, 0) is 0 Å². The Morgan fingerprint density at radius 1 is 1.14 bits per heavy atom. The maximum Gasteiger partial charge on any atom is 0.0994 e. The first-order valence-corrected chi connectivity index (χ1v) is 9.79. The van der Waals surface area contributed by atoms with Gasteiger partial charge in [-0.15, -0.1) is 0 Å². The molecule has 2 unspecified atom stereocenters. The molecule has 1 aromatic heterocycles. The average Bonchev–Trinajstić information content (AvgIpc) is 3.07. The Labute approximate surface area is 166 Å². The predicted molar refractivity (Wildman–Crippen MR) is 116 cm³/mol. The fraction of sp³-hybridized carbons (Fsp3) is 0.292. The van der Waals surface area contributed by atoms with Gasteiger partial charge >= 0.3 is 0 Å². The third-order valence-corrected chi connectivity index (χ3v) is 6.03. The Balaban J connectivity index is 1.96. The van der Waals surface area contributed by atoms with Crippen molar-refractivity contribution >= 4 is 16.6 Å². The van der Waals surface area contributed by atoms with Gasteiger partial charge in [0.25, 0.3) is 0 Å². The molecule has 28 heavy (non-hydrogen) atoms. The largest absolute Gasteiger partial charge is 0.398 e. The van der Waals surface area contributed by atoms with Crippen LogP contribution in [0.25, 0.3) is 22.0 Å². The van der Waals surface area contributed by atoms with Crippen molar-refractivity contribution in [3.63, 3.8) is 0 Å². The summed E-state index contributed by atoms with van der Waals surface area (Å²) in [5.41, 5.74) is 13.2. The fourth-order valence-electron chi connectivity index (χ4n) is 4.23. The third-order valence-electron chi connectivity index (χ3n) is 6.03. The first-order chi connectivity index (χ1) is 13.5. The van der Waals surface area contributed by atoms with Crippen LogP contribution in [0.2, 0.25) is 0 Å². The molecule has 3 aromatic rings. The van der Waals surface area contributed by atoms with Gasteiger partial charge in [-0.2, -0.15) is 5.26 Å². The molecule has 0 fully saturated rings. The minimum absolute atomic E-state index is 0.314. The van der Waals surface area contributed by atoms with Gasteiger partial charge in [-0.3, -0.25) is 0 Å². The zero-order valence-corrected chi connectivity index (χ0v) is 16.7. The standard InChI is InChI=1S/C24H26N4/c1-15-11-24-21(12-17(15)13-25)22(20-5-4-6-23(26)16(20)2)14-28(24)19-9-7-18(27-3)8-10-19/h4-7,9,11-12,14,18-19,27H,8,10,26H2,1-3H3. The zero-order chi connectivity index (χ0) is 19.8. The normalized spacial score (nSPS) is 19.1. The average molecular weight is 371 g/mol. The van der Waals surface area contributed by atoms with Gasteiger partial charge in [0.2, 0.25) is 0 Å². The molecule has 0 amide bonds. The number of nitriles is 1. The predicted octanol–water partition coefficient (Wildman–Crippen LogP) is 4.86. The Morgan fingerprint density at radius 2 is 1.96 bits per heavy atom. The number of anilines is 1. The highest BCUT2D eigenvalue weighted by Crippen LogP contribution is 2.38. The molecular weight excluding hydrogens is 344 g/mol. The number of likely N-dealkylation sites (N-methyl/N-ethyl adjacent to an activating group) is 1. The van der Waals surface area contributed by atoms with Crippen LogP contribution in [0, 0.1) is 25.2 Å². The van der Waals surface area contributed by atoms with Gasteiger partial charge < -0.3 is 15.6 Å². The van der Waals surface area contributed by atoms with E-state index in [1.165, 1.54) is 5.52 Å². The van der Waals surface area contributed by atoms with E-state index in [-0.39, 0.29) is 0 Å². The number of aromatic nitrogens is 1. The molecular formula is C24H26N4. The maximum atomic E-state index is 9.55. The minimum Gasteiger partial charge on any atom is -0.398 e. The lowest BCUT2D eigenvalue weighted by atomic mass is 9.97. The molecule has 0 spiro atoms. The van der Waals surface area contributed by atoms with Crippen molar-refractivity contribution in [1.29, 1.82) is 5.26 Å². The van der Waals surface area contributed by atoms with Crippen molar-refractivity contribution in [2.75, 3.05) is 12.8 Å². The van der Waals surface area contributed by atoms with Crippen LogP contribution in [0.15, 0.2) is 48.7 Å². The lowest BCUT2D eigenvalue weighted by Crippen LogP contribution is -2.26. The zero-order valence-electron chi connectivity index (χ0n) is 16.7. The molecule has 0 saturated carbocycles. The summed E-state index contributed by atoms with van der Waals surface area (Å²) in [5.74, 6) is 0. The molecule has 0 radical (unpaired) electrons. The number of hydrogen-bond acceptors (Lipinski definition) is 3. The number of nitrogens with two attached hydrogens (primary N) is 1. The summed E-state index contributed by atoms with van der Waals surface area (Å²) >= 11 is 0. The van der Waals surface area contributed by atoms with E-state index in [0.29, 0.717) is 12.1 Å². The van der Waals surface area contributed by atoms with E-state index >= 15 is 0 Å². The van der Waals surface area contributed by atoms with Crippen LogP contribution < -0.4 is 11.1 Å². The molecule has 4 heteroatoms. The van der Waals surface area contributed by atoms with Gasteiger partial charge in [0.1, 0.15) is 0 Å². The molecule has 1 aliphatic carbocycles. The van der Waals surface area contributed by atoms with E-state index < -0.39 is 0 Å². The second-order valence-electron chi connectivity index (χ2n) is 7.69. The van der Waals surface area contributed by atoms with Gasteiger partial charge in [-0.25, -0.2) is 0 Å². The monoisotopic (exact) mass is 370 g/mol. The Morgan fingerprint density at radius 3 is 2.64 bits per heavy atom. The molecule has 0 saturated heterocycles. The summed E-state index contributed by atoms with van der Waals surface area (Å²) in [6.07, 6.45) is 9.00. The lowest BCUT2D eigenvalue weighted by molar-refractivity contribution is 0.472. The molecule has 3 N–H and O–H groups in total. The molecule has 1 aliphatic rings. The van der Waals surface area contributed by atoms with Crippen molar-refractivity contribution in [3.05, 3.63) is 65.4 Å². The number of rotatable bonds is 3. The molecule has 1 heterocycles. The molecule has 4 nitrogen and oxygen atoms in total. The number of allylic oxidation sites excluding steroid dienone is 1. The summed E-state index contributed by atoms with van der Waals surface area (Å²) in [7, 11) is 2.01. The lowest BCUT2D eigenvalue weighted by Gasteiger charge is -2.24. The van der Waals surface area contributed by atoms with Crippen LogP contribution >= 0.6 is 0 Å².